The molecule has 0 aliphatic carbocycles. The molecule has 1 aliphatic rings. The Morgan fingerprint density at radius 1 is 1.15 bits per heavy atom. The number of amidine groups is 1. The first-order valence-corrected chi connectivity index (χ1v) is 9.14. The Morgan fingerprint density at radius 2 is 2.04 bits per heavy atom. The number of ether oxygens (including phenoxy) is 3. The molecule has 0 spiro atoms. The number of carbonyl (C=O) groups excluding carboxylic acids is 1. The molecule has 140 valence electrons. The zero-order chi connectivity index (χ0) is 19.1. The average molecular weight is 385 g/mol. The molecule has 1 N–H and O–H groups in total. The Kier molecular flexibility index (Phi) is 6.32. The van der Waals surface area contributed by atoms with Gasteiger partial charge < -0.3 is 19.5 Å². The van der Waals surface area contributed by atoms with Crippen LogP contribution in [0, 0.1) is 0 Å². The van der Waals surface area contributed by atoms with Gasteiger partial charge in [0.2, 0.25) is 5.91 Å². The molecule has 7 nitrogen and oxygen atoms in total. The van der Waals surface area contributed by atoms with E-state index in [2.05, 4.69) is 15.5 Å². The molecule has 27 heavy (non-hydrogen) atoms. The summed E-state index contributed by atoms with van der Waals surface area (Å²) in [5.41, 5.74) is 1.78. The number of amides is 1. The van der Waals surface area contributed by atoms with Crippen LogP contribution in [-0.2, 0) is 11.4 Å². The van der Waals surface area contributed by atoms with Gasteiger partial charge in [0, 0.05) is 0 Å². The number of nitrogens with zero attached hydrogens (tertiary/aromatic N) is 2. The third kappa shape index (κ3) is 5.24. The number of benzene rings is 2. The third-order valence-electron chi connectivity index (χ3n) is 3.66. The lowest BCUT2D eigenvalue weighted by molar-refractivity contribution is -0.116. The number of rotatable bonds is 7. The van der Waals surface area contributed by atoms with Crippen molar-refractivity contribution in [2.45, 2.75) is 6.61 Å². The molecule has 0 saturated carbocycles. The van der Waals surface area contributed by atoms with Crippen LogP contribution in [0.2, 0.25) is 0 Å². The maximum atomic E-state index is 11.1. The van der Waals surface area contributed by atoms with Crippen LogP contribution < -0.4 is 19.5 Å². The molecule has 1 fully saturated rings. The van der Waals surface area contributed by atoms with Crippen LogP contribution in [0.25, 0.3) is 0 Å². The highest BCUT2D eigenvalue weighted by Crippen LogP contribution is 2.28. The normalized spacial score (nSPS) is 15.2. The van der Waals surface area contributed by atoms with Gasteiger partial charge in [-0.2, -0.15) is 5.10 Å². The standard InChI is InChI=1S/C19H19N3O4S/c1-24-15-5-3-4-14(8-15)11-26-17-9-13(6-7-16(17)25-2)10-20-22-19-21-18(23)12-27-19/h3-10H,11-12H2,1-2H3,(H,21,22,23). The molecule has 1 heterocycles. The average Bonchev–Trinajstić information content (AvgIpc) is 3.11. The van der Waals surface area contributed by atoms with Gasteiger partial charge in [-0.1, -0.05) is 23.9 Å². The lowest BCUT2D eigenvalue weighted by Crippen LogP contribution is -2.19. The molecular weight excluding hydrogens is 366 g/mol. The van der Waals surface area contributed by atoms with Crippen molar-refractivity contribution < 1.29 is 19.0 Å². The summed E-state index contributed by atoms with van der Waals surface area (Å²) in [7, 11) is 3.22. The van der Waals surface area contributed by atoms with Crippen molar-refractivity contribution in [3.63, 3.8) is 0 Å². The first-order chi connectivity index (χ1) is 13.2. The first kappa shape index (κ1) is 18.8. The smallest absolute Gasteiger partial charge is 0.236 e. The number of methoxy groups -OCH3 is 2. The first-order valence-electron chi connectivity index (χ1n) is 8.15. The summed E-state index contributed by atoms with van der Waals surface area (Å²) in [5.74, 6) is 2.31. The van der Waals surface area contributed by atoms with Crippen molar-refractivity contribution >= 4 is 29.1 Å². The minimum absolute atomic E-state index is 0.0633. The zero-order valence-electron chi connectivity index (χ0n) is 15.0. The van der Waals surface area contributed by atoms with Crippen LogP contribution in [0.3, 0.4) is 0 Å². The molecule has 8 heteroatoms. The molecule has 0 unspecified atom stereocenters. The van der Waals surface area contributed by atoms with Gasteiger partial charge in [0.05, 0.1) is 26.2 Å². The fourth-order valence-electron chi connectivity index (χ4n) is 2.34. The lowest BCUT2D eigenvalue weighted by Gasteiger charge is -2.12. The molecule has 2 aromatic carbocycles. The fraction of sp³-hybridized carbons (Fsp3) is 0.211. The summed E-state index contributed by atoms with van der Waals surface area (Å²) >= 11 is 1.32. The molecule has 3 rings (SSSR count). The number of thioether (sulfide) groups is 1. The SMILES string of the molecule is COc1cccc(COc2cc(C=NN=C3NC(=O)CS3)ccc2OC)c1. The Labute approximate surface area is 161 Å². The van der Waals surface area contributed by atoms with E-state index in [1.165, 1.54) is 11.8 Å². The van der Waals surface area contributed by atoms with E-state index in [1.807, 2.05) is 42.5 Å². The fourth-order valence-corrected chi connectivity index (χ4v) is 2.97. The van der Waals surface area contributed by atoms with Crippen molar-refractivity contribution in [2.75, 3.05) is 20.0 Å². The van der Waals surface area contributed by atoms with E-state index in [9.17, 15) is 4.79 Å². The topological polar surface area (TPSA) is 81.5 Å². The largest absolute Gasteiger partial charge is 0.497 e. The second-order valence-electron chi connectivity index (χ2n) is 5.54. The summed E-state index contributed by atoms with van der Waals surface area (Å²) in [4.78, 5) is 11.1. The minimum Gasteiger partial charge on any atom is -0.497 e. The van der Waals surface area contributed by atoms with Crippen LogP contribution in [0.4, 0.5) is 0 Å². The van der Waals surface area contributed by atoms with E-state index in [0.717, 1.165) is 16.9 Å². The molecule has 2 aromatic rings. The molecule has 0 bridgehead atoms. The lowest BCUT2D eigenvalue weighted by atomic mass is 10.2. The van der Waals surface area contributed by atoms with Gasteiger partial charge in [-0.25, -0.2) is 0 Å². The quantitative estimate of drug-likeness (QED) is 0.585. The van der Waals surface area contributed by atoms with Crippen LogP contribution in [0.5, 0.6) is 17.2 Å². The van der Waals surface area contributed by atoms with Gasteiger partial charge in [0.25, 0.3) is 0 Å². The van der Waals surface area contributed by atoms with Crippen LogP contribution in [-0.4, -0.2) is 37.3 Å². The van der Waals surface area contributed by atoms with Gasteiger partial charge in [-0.15, -0.1) is 5.10 Å². The highest BCUT2D eigenvalue weighted by molar-refractivity contribution is 8.15. The molecule has 1 saturated heterocycles. The molecular formula is C19H19N3O4S. The van der Waals surface area contributed by atoms with Crippen molar-refractivity contribution in [1.82, 2.24) is 5.32 Å². The van der Waals surface area contributed by atoms with Gasteiger partial charge in [0.15, 0.2) is 16.7 Å². The molecule has 0 atom stereocenters. The number of hydrogen-bond donors (Lipinski definition) is 1. The van der Waals surface area contributed by atoms with Gasteiger partial charge in [-0.05, 0) is 41.5 Å². The zero-order valence-corrected chi connectivity index (χ0v) is 15.8. The van der Waals surface area contributed by atoms with Crippen molar-refractivity contribution in [2.24, 2.45) is 10.2 Å². The van der Waals surface area contributed by atoms with E-state index in [1.54, 1.807) is 20.4 Å². The second-order valence-corrected chi connectivity index (χ2v) is 6.50. The Hall–Kier alpha value is -3.00. The maximum absolute atomic E-state index is 11.1. The second kappa shape index (κ2) is 9.09. The number of carbonyl (C=O) groups is 1. The maximum Gasteiger partial charge on any atom is 0.236 e. The van der Waals surface area contributed by atoms with Crippen LogP contribution in [0.15, 0.2) is 52.7 Å². The Balaban J connectivity index is 1.70. The van der Waals surface area contributed by atoms with Gasteiger partial charge >= 0.3 is 0 Å². The summed E-state index contributed by atoms with van der Waals surface area (Å²) in [6, 6.07) is 13.2. The summed E-state index contributed by atoms with van der Waals surface area (Å²) in [6.45, 7) is 0.374. The number of nitrogens with one attached hydrogen (secondary N) is 1. The summed E-state index contributed by atoms with van der Waals surface area (Å²) < 4.78 is 16.5. The Bertz CT molecular complexity index is 883. The molecule has 1 aliphatic heterocycles. The van der Waals surface area contributed by atoms with Crippen molar-refractivity contribution in [3.05, 3.63) is 53.6 Å². The molecule has 0 radical (unpaired) electrons. The number of hydrogen-bond acceptors (Lipinski definition) is 7. The van der Waals surface area contributed by atoms with Crippen LogP contribution in [0.1, 0.15) is 11.1 Å². The van der Waals surface area contributed by atoms with Gasteiger partial charge in [-0.3, -0.25) is 4.79 Å². The monoisotopic (exact) mass is 385 g/mol. The predicted octanol–water partition coefficient (Wildman–Crippen LogP) is 2.84. The summed E-state index contributed by atoms with van der Waals surface area (Å²) in [6.07, 6.45) is 1.59. The van der Waals surface area contributed by atoms with E-state index in [-0.39, 0.29) is 5.91 Å². The Morgan fingerprint density at radius 3 is 2.78 bits per heavy atom. The van der Waals surface area contributed by atoms with E-state index >= 15 is 0 Å². The van der Waals surface area contributed by atoms with Crippen LogP contribution >= 0.6 is 11.8 Å². The third-order valence-corrected chi connectivity index (χ3v) is 4.52. The van der Waals surface area contributed by atoms with Crippen molar-refractivity contribution in [3.8, 4) is 17.2 Å². The van der Waals surface area contributed by atoms with E-state index in [0.29, 0.717) is 29.0 Å². The highest BCUT2D eigenvalue weighted by atomic mass is 32.2. The van der Waals surface area contributed by atoms with Crippen molar-refractivity contribution in [1.29, 1.82) is 0 Å². The molecule has 0 aromatic heterocycles. The highest BCUT2D eigenvalue weighted by Gasteiger charge is 2.16. The molecule has 1 amide bonds. The predicted molar refractivity (Wildman–Crippen MR) is 106 cm³/mol. The van der Waals surface area contributed by atoms with Gasteiger partial charge in [0.1, 0.15) is 12.4 Å². The summed E-state index contributed by atoms with van der Waals surface area (Å²) in [5, 5.41) is 11.1. The van der Waals surface area contributed by atoms with E-state index in [4.69, 9.17) is 14.2 Å². The minimum atomic E-state index is -0.0633. The van der Waals surface area contributed by atoms with E-state index < -0.39 is 0 Å².